The van der Waals surface area contributed by atoms with Crippen LogP contribution in [0.5, 0.6) is 11.5 Å². The highest BCUT2D eigenvalue weighted by atomic mass is 35.5. The number of amides is 1. The zero-order chi connectivity index (χ0) is 20.6. The Bertz CT molecular complexity index is 912. The topological polar surface area (TPSA) is 47.6 Å². The highest BCUT2D eigenvalue weighted by Crippen LogP contribution is 2.37. The number of ether oxygens (including phenoxy) is 2. The molecule has 0 aliphatic rings. The molecule has 3 rings (SSSR count). The fourth-order valence-electron chi connectivity index (χ4n) is 2.94. The molecule has 0 saturated carbocycles. The first kappa shape index (κ1) is 21.1. The summed E-state index contributed by atoms with van der Waals surface area (Å²) < 4.78 is 10.6. The molecule has 1 amide bonds. The van der Waals surface area contributed by atoms with E-state index in [9.17, 15) is 4.79 Å². The van der Waals surface area contributed by atoms with Gasteiger partial charge in [0.2, 0.25) is 5.91 Å². The molecule has 150 valence electrons. The third-order valence-electron chi connectivity index (χ3n) is 4.33. The van der Waals surface area contributed by atoms with E-state index in [0.29, 0.717) is 22.2 Å². The molecule has 0 fully saturated rings. The van der Waals surface area contributed by atoms with Crippen molar-refractivity contribution in [2.75, 3.05) is 25.3 Å². The molecule has 0 heterocycles. The minimum atomic E-state index is -0.130. The van der Waals surface area contributed by atoms with Gasteiger partial charge in [-0.3, -0.25) is 4.79 Å². The lowest BCUT2D eigenvalue weighted by atomic mass is 10.0. The van der Waals surface area contributed by atoms with Gasteiger partial charge in [0.25, 0.3) is 0 Å². The average molecular weight is 428 g/mol. The van der Waals surface area contributed by atoms with Crippen LogP contribution in [0.1, 0.15) is 16.4 Å². The predicted octanol–water partition coefficient (Wildman–Crippen LogP) is 5.82. The predicted molar refractivity (Wildman–Crippen MR) is 120 cm³/mol. The number of halogens is 1. The number of nitrogens with one attached hydrogen (secondary N) is 1. The summed E-state index contributed by atoms with van der Waals surface area (Å²) in [5.74, 6) is 1.11. The highest BCUT2D eigenvalue weighted by molar-refractivity contribution is 8.00. The first-order chi connectivity index (χ1) is 14.1. The molecular weight excluding hydrogens is 406 g/mol. The van der Waals surface area contributed by atoms with Gasteiger partial charge in [0.15, 0.2) is 0 Å². The number of thioether (sulfide) groups is 1. The number of anilines is 1. The van der Waals surface area contributed by atoms with Crippen LogP contribution in [0.25, 0.3) is 0 Å². The maximum absolute atomic E-state index is 12.7. The van der Waals surface area contributed by atoms with E-state index in [0.717, 1.165) is 11.1 Å². The van der Waals surface area contributed by atoms with Crippen LogP contribution >= 0.6 is 23.4 Å². The molecular formula is C23H22ClNO3S. The van der Waals surface area contributed by atoms with Gasteiger partial charge in [-0.1, -0.05) is 72.3 Å². The maximum atomic E-state index is 12.7. The van der Waals surface area contributed by atoms with Crippen molar-refractivity contribution in [3.8, 4) is 11.5 Å². The minimum absolute atomic E-state index is 0.0600. The Balaban J connectivity index is 1.74. The van der Waals surface area contributed by atoms with E-state index in [2.05, 4.69) is 29.6 Å². The van der Waals surface area contributed by atoms with Crippen molar-refractivity contribution in [3.05, 3.63) is 88.9 Å². The Morgan fingerprint density at radius 3 is 2.00 bits per heavy atom. The summed E-state index contributed by atoms with van der Waals surface area (Å²) in [7, 11) is 3.06. The second kappa shape index (κ2) is 10.2. The fourth-order valence-corrected chi connectivity index (χ4v) is 4.26. The normalized spacial score (nSPS) is 10.6. The maximum Gasteiger partial charge on any atom is 0.234 e. The zero-order valence-corrected chi connectivity index (χ0v) is 17.8. The molecule has 1 N–H and O–H groups in total. The van der Waals surface area contributed by atoms with Crippen LogP contribution in [0.3, 0.4) is 0 Å². The number of rotatable bonds is 8. The number of carbonyl (C=O) groups excluding carboxylic acids is 1. The van der Waals surface area contributed by atoms with Gasteiger partial charge >= 0.3 is 0 Å². The summed E-state index contributed by atoms with van der Waals surface area (Å²) in [6, 6.07) is 23.6. The molecule has 0 aromatic heterocycles. The fraction of sp³-hybridized carbons (Fsp3) is 0.174. The molecule has 0 saturated heterocycles. The number of hydrogen-bond acceptors (Lipinski definition) is 4. The first-order valence-corrected chi connectivity index (χ1v) is 10.5. The van der Waals surface area contributed by atoms with Crippen molar-refractivity contribution < 1.29 is 14.3 Å². The van der Waals surface area contributed by atoms with E-state index >= 15 is 0 Å². The zero-order valence-electron chi connectivity index (χ0n) is 16.2. The van der Waals surface area contributed by atoms with Gasteiger partial charge in [-0.05, 0) is 11.1 Å². The number of carbonyl (C=O) groups is 1. The van der Waals surface area contributed by atoms with Crippen molar-refractivity contribution in [3.63, 3.8) is 0 Å². The highest BCUT2D eigenvalue weighted by Gasteiger charge is 2.18. The molecule has 0 bridgehead atoms. The van der Waals surface area contributed by atoms with Crippen LogP contribution in [-0.2, 0) is 4.79 Å². The van der Waals surface area contributed by atoms with E-state index in [1.807, 2.05) is 36.4 Å². The Kier molecular flexibility index (Phi) is 7.44. The van der Waals surface area contributed by atoms with Crippen molar-refractivity contribution >= 4 is 35.0 Å². The van der Waals surface area contributed by atoms with Crippen molar-refractivity contribution in [1.82, 2.24) is 0 Å². The molecule has 29 heavy (non-hydrogen) atoms. The lowest BCUT2D eigenvalue weighted by molar-refractivity contribution is -0.113. The van der Waals surface area contributed by atoms with Gasteiger partial charge in [-0.25, -0.2) is 0 Å². The minimum Gasteiger partial charge on any atom is -0.495 e. The smallest absolute Gasteiger partial charge is 0.234 e. The number of benzene rings is 3. The molecule has 0 unspecified atom stereocenters. The second-order valence-electron chi connectivity index (χ2n) is 6.25. The first-order valence-electron chi connectivity index (χ1n) is 9.05. The summed E-state index contributed by atoms with van der Waals surface area (Å²) in [6.07, 6.45) is 0. The van der Waals surface area contributed by atoms with Crippen LogP contribution in [-0.4, -0.2) is 25.9 Å². The monoisotopic (exact) mass is 427 g/mol. The molecule has 0 aliphatic heterocycles. The molecule has 3 aromatic carbocycles. The van der Waals surface area contributed by atoms with Gasteiger partial charge in [0, 0.05) is 12.1 Å². The van der Waals surface area contributed by atoms with E-state index in [1.165, 1.54) is 14.2 Å². The Morgan fingerprint density at radius 1 is 0.931 bits per heavy atom. The largest absolute Gasteiger partial charge is 0.495 e. The summed E-state index contributed by atoms with van der Waals surface area (Å²) >= 11 is 7.70. The van der Waals surface area contributed by atoms with Gasteiger partial charge in [-0.15, -0.1) is 11.8 Å². The molecule has 3 aromatic rings. The summed E-state index contributed by atoms with van der Waals surface area (Å²) in [5, 5.41) is 3.38. The van der Waals surface area contributed by atoms with E-state index < -0.39 is 0 Å². The third-order valence-corrected chi connectivity index (χ3v) is 5.94. The standard InChI is InChI=1S/C23H22ClNO3S/c1-27-20-14-19(21(28-2)13-18(20)24)25-22(26)15-29-23(16-9-5-3-6-10-16)17-11-7-4-8-12-17/h3-14,23H,15H2,1-2H3,(H,25,26). The molecule has 4 nitrogen and oxygen atoms in total. The van der Waals surface area contributed by atoms with Crippen LogP contribution in [0.2, 0.25) is 5.02 Å². The SMILES string of the molecule is COc1cc(NC(=O)CSC(c2ccccc2)c2ccccc2)c(OC)cc1Cl. The average Bonchev–Trinajstić information content (AvgIpc) is 2.76. The number of hydrogen-bond donors (Lipinski definition) is 1. The quantitative estimate of drug-likeness (QED) is 0.492. The summed E-state index contributed by atoms with van der Waals surface area (Å²) in [4.78, 5) is 12.7. The van der Waals surface area contributed by atoms with Crippen LogP contribution in [0, 0.1) is 0 Å². The molecule has 0 atom stereocenters. The van der Waals surface area contributed by atoms with Crippen molar-refractivity contribution in [1.29, 1.82) is 0 Å². The third kappa shape index (κ3) is 5.46. The Hall–Kier alpha value is -2.63. The molecule has 0 radical (unpaired) electrons. The molecule has 0 aliphatic carbocycles. The van der Waals surface area contributed by atoms with E-state index in [-0.39, 0.29) is 16.9 Å². The van der Waals surface area contributed by atoms with Crippen LogP contribution in [0.15, 0.2) is 72.8 Å². The van der Waals surface area contributed by atoms with Crippen molar-refractivity contribution in [2.24, 2.45) is 0 Å². The van der Waals surface area contributed by atoms with Crippen LogP contribution in [0.4, 0.5) is 5.69 Å². The lowest BCUT2D eigenvalue weighted by Crippen LogP contribution is -2.16. The molecule has 0 spiro atoms. The molecule has 6 heteroatoms. The van der Waals surface area contributed by atoms with E-state index in [1.54, 1.807) is 23.9 Å². The Morgan fingerprint density at radius 2 is 1.48 bits per heavy atom. The number of methoxy groups -OCH3 is 2. The van der Waals surface area contributed by atoms with Gasteiger partial charge in [0.05, 0.1) is 35.9 Å². The van der Waals surface area contributed by atoms with E-state index in [4.69, 9.17) is 21.1 Å². The van der Waals surface area contributed by atoms with Gasteiger partial charge in [0.1, 0.15) is 11.5 Å². The van der Waals surface area contributed by atoms with Gasteiger partial charge in [-0.2, -0.15) is 0 Å². The lowest BCUT2D eigenvalue weighted by Gasteiger charge is -2.18. The van der Waals surface area contributed by atoms with Crippen molar-refractivity contribution in [2.45, 2.75) is 5.25 Å². The second-order valence-corrected chi connectivity index (χ2v) is 7.75. The van der Waals surface area contributed by atoms with Crippen LogP contribution < -0.4 is 14.8 Å². The summed E-state index contributed by atoms with van der Waals surface area (Å²) in [5.41, 5.74) is 2.83. The summed E-state index contributed by atoms with van der Waals surface area (Å²) in [6.45, 7) is 0. The Labute approximate surface area is 180 Å². The van der Waals surface area contributed by atoms with Gasteiger partial charge < -0.3 is 14.8 Å².